The van der Waals surface area contributed by atoms with E-state index in [4.69, 9.17) is 26.4 Å². The van der Waals surface area contributed by atoms with Crippen molar-refractivity contribution in [2.75, 3.05) is 25.1 Å². The number of thiocarbonyl (C=S) groups is 1. The second-order valence-corrected chi connectivity index (χ2v) is 7.13. The van der Waals surface area contributed by atoms with Crippen LogP contribution in [0.2, 0.25) is 0 Å². The highest BCUT2D eigenvalue weighted by atomic mass is 32.1. The maximum Gasteiger partial charge on any atom is 0.250 e. The van der Waals surface area contributed by atoms with Gasteiger partial charge in [0.2, 0.25) is 5.91 Å². The van der Waals surface area contributed by atoms with Gasteiger partial charge in [-0.25, -0.2) is 0 Å². The second kappa shape index (κ2) is 11.3. The third kappa shape index (κ3) is 6.86. The lowest BCUT2D eigenvalue weighted by Gasteiger charge is -2.16. The number of benzene rings is 2. The van der Waals surface area contributed by atoms with Gasteiger partial charge in [-0.05, 0) is 67.9 Å². The van der Waals surface area contributed by atoms with E-state index < -0.39 is 0 Å². The van der Waals surface area contributed by atoms with Gasteiger partial charge in [-0.3, -0.25) is 10.1 Å². The molecule has 6 nitrogen and oxygen atoms in total. The number of nitrogens with one attached hydrogen (secondary N) is 2. The molecule has 7 heteroatoms. The number of carbonyl (C=O) groups is 1. The summed E-state index contributed by atoms with van der Waals surface area (Å²) in [6.45, 7) is 3.82. The first-order valence-corrected chi connectivity index (χ1v) is 10.4. The molecule has 1 unspecified atom stereocenters. The van der Waals surface area contributed by atoms with Gasteiger partial charge in [0.1, 0.15) is 18.1 Å². The molecule has 0 spiro atoms. The van der Waals surface area contributed by atoms with E-state index in [-0.39, 0.29) is 17.1 Å². The molecular formula is C23H26N2O4S. The summed E-state index contributed by atoms with van der Waals surface area (Å²) in [5, 5.41) is 5.86. The van der Waals surface area contributed by atoms with Gasteiger partial charge in [0.05, 0.1) is 18.4 Å². The average Bonchev–Trinajstić information content (AvgIpc) is 3.26. The molecule has 0 aromatic heterocycles. The molecule has 0 aliphatic carbocycles. The minimum absolute atomic E-state index is 0.123. The van der Waals surface area contributed by atoms with Gasteiger partial charge >= 0.3 is 0 Å². The highest BCUT2D eigenvalue weighted by Crippen LogP contribution is 2.25. The fourth-order valence-electron chi connectivity index (χ4n) is 2.98. The zero-order valence-electron chi connectivity index (χ0n) is 16.9. The molecule has 1 atom stereocenters. The Labute approximate surface area is 182 Å². The standard InChI is InChI=1S/C23H26N2O4S/c1-2-27-18-12-9-17(10-13-18)11-14-22(26)25-23(30)24-20-7-3-4-8-21(20)29-16-19-6-5-15-28-19/h3-4,7-14,19H,2,5-6,15-16H2,1H3,(H2,24,25,26,30)/b14-11+. The van der Waals surface area contributed by atoms with E-state index in [2.05, 4.69) is 10.6 Å². The molecule has 158 valence electrons. The molecule has 2 aromatic rings. The summed E-state index contributed by atoms with van der Waals surface area (Å²) >= 11 is 5.27. The Balaban J connectivity index is 1.50. The molecule has 1 amide bonds. The van der Waals surface area contributed by atoms with Crippen LogP contribution in [0.15, 0.2) is 54.6 Å². The van der Waals surface area contributed by atoms with E-state index in [1.165, 1.54) is 6.08 Å². The van der Waals surface area contributed by atoms with Gasteiger partial charge in [-0.2, -0.15) is 0 Å². The van der Waals surface area contributed by atoms with Crippen molar-refractivity contribution in [2.24, 2.45) is 0 Å². The fourth-order valence-corrected chi connectivity index (χ4v) is 3.19. The lowest BCUT2D eigenvalue weighted by molar-refractivity contribution is -0.115. The molecule has 0 bridgehead atoms. The summed E-state index contributed by atoms with van der Waals surface area (Å²) in [5.41, 5.74) is 1.58. The van der Waals surface area contributed by atoms with Gasteiger partial charge in [-0.1, -0.05) is 24.3 Å². The lowest BCUT2D eigenvalue weighted by atomic mass is 10.2. The van der Waals surface area contributed by atoms with Gasteiger partial charge in [0.25, 0.3) is 0 Å². The zero-order chi connectivity index (χ0) is 21.2. The van der Waals surface area contributed by atoms with Crippen LogP contribution >= 0.6 is 12.2 Å². The van der Waals surface area contributed by atoms with Crippen molar-refractivity contribution < 1.29 is 19.0 Å². The Hall–Kier alpha value is -2.90. The van der Waals surface area contributed by atoms with Crippen LogP contribution < -0.4 is 20.1 Å². The number of anilines is 1. The van der Waals surface area contributed by atoms with Crippen molar-refractivity contribution >= 4 is 35.0 Å². The predicted octanol–water partition coefficient (Wildman–Crippen LogP) is 4.17. The van der Waals surface area contributed by atoms with Crippen LogP contribution in [0.5, 0.6) is 11.5 Å². The van der Waals surface area contributed by atoms with E-state index in [0.29, 0.717) is 24.7 Å². The van der Waals surface area contributed by atoms with Crippen LogP contribution in [0.25, 0.3) is 6.08 Å². The molecule has 3 rings (SSSR count). The number of hydrogen-bond donors (Lipinski definition) is 2. The minimum atomic E-state index is -0.320. The van der Waals surface area contributed by atoms with E-state index in [0.717, 1.165) is 30.8 Å². The summed E-state index contributed by atoms with van der Waals surface area (Å²) in [5.74, 6) is 1.14. The van der Waals surface area contributed by atoms with Gasteiger partial charge in [0, 0.05) is 12.7 Å². The summed E-state index contributed by atoms with van der Waals surface area (Å²) < 4.78 is 16.9. The second-order valence-electron chi connectivity index (χ2n) is 6.72. The molecular weight excluding hydrogens is 400 g/mol. The van der Waals surface area contributed by atoms with E-state index in [1.54, 1.807) is 6.08 Å². The number of carbonyl (C=O) groups excluding carboxylic acids is 1. The first-order valence-electron chi connectivity index (χ1n) is 10.0. The van der Waals surface area contributed by atoms with Gasteiger partial charge in [-0.15, -0.1) is 0 Å². The van der Waals surface area contributed by atoms with Crippen LogP contribution in [0.4, 0.5) is 5.69 Å². The fraction of sp³-hybridized carbons (Fsp3) is 0.304. The van der Waals surface area contributed by atoms with Crippen LogP contribution in [-0.4, -0.2) is 36.9 Å². The molecule has 1 saturated heterocycles. The summed E-state index contributed by atoms with van der Waals surface area (Å²) in [6.07, 6.45) is 5.34. The third-order valence-corrected chi connectivity index (χ3v) is 4.64. The van der Waals surface area contributed by atoms with Crippen molar-refractivity contribution in [1.82, 2.24) is 5.32 Å². The Kier molecular flexibility index (Phi) is 8.23. The van der Waals surface area contributed by atoms with E-state index in [1.807, 2.05) is 55.5 Å². The number of rotatable bonds is 8. The number of para-hydroxylation sites is 2. The Morgan fingerprint density at radius 1 is 1.20 bits per heavy atom. The van der Waals surface area contributed by atoms with Crippen molar-refractivity contribution in [3.8, 4) is 11.5 Å². The smallest absolute Gasteiger partial charge is 0.250 e. The maximum atomic E-state index is 12.2. The van der Waals surface area contributed by atoms with Gasteiger partial charge < -0.3 is 19.5 Å². The largest absolute Gasteiger partial charge is 0.494 e. The zero-order valence-corrected chi connectivity index (χ0v) is 17.7. The normalized spacial score (nSPS) is 15.7. The highest BCUT2D eigenvalue weighted by Gasteiger charge is 2.17. The predicted molar refractivity (Wildman–Crippen MR) is 122 cm³/mol. The van der Waals surface area contributed by atoms with Crippen LogP contribution in [0, 0.1) is 0 Å². The van der Waals surface area contributed by atoms with Crippen LogP contribution in [0.1, 0.15) is 25.3 Å². The highest BCUT2D eigenvalue weighted by molar-refractivity contribution is 7.80. The summed E-state index contributed by atoms with van der Waals surface area (Å²) in [6, 6.07) is 14.9. The number of amides is 1. The molecule has 1 fully saturated rings. The summed E-state index contributed by atoms with van der Waals surface area (Å²) in [4.78, 5) is 12.2. The molecule has 2 aromatic carbocycles. The number of ether oxygens (including phenoxy) is 3. The van der Waals surface area contributed by atoms with Crippen LogP contribution in [-0.2, 0) is 9.53 Å². The van der Waals surface area contributed by atoms with E-state index >= 15 is 0 Å². The number of hydrogen-bond acceptors (Lipinski definition) is 5. The molecule has 0 saturated carbocycles. The maximum absolute atomic E-state index is 12.2. The first-order chi connectivity index (χ1) is 14.6. The van der Waals surface area contributed by atoms with Crippen molar-refractivity contribution in [2.45, 2.75) is 25.9 Å². The average molecular weight is 427 g/mol. The molecule has 1 aliphatic rings. The minimum Gasteiger partial charge on any atom is -0.494 e. The molecule has 0 radical (unpaired) electrons. The van der Waals surface area contributed by atoms with Crippen molar-refractivity contribution in [1.29, 1.82) is 0 Å². The third-order valence-electron chi connectivity index (χ3n) is 4.44. The quantitative estimate of drug-likeness (QED) is 0.488. The Bertz CT molecular complexity index is 877. The first kappa shape index (κ1) is 21.8. The molecule has 1 aliphatic heterocycles. The monoisotopic (exact) mass is 426 g/mol. The lowest BCUT2D eigenvalue weighted by Crippen LogP contribution is -2.33. The molecule has 2 N–H and O–H groups in total. The van der Waals surface area contributed by atoms with E-state index in [9.17, 15) is 4.79 Å². The van der Waals surface area contributed by atoms with Gasteiger partial charge in [0.15, 0.2) is 5.11 Å². The molecule has 1 heterocycles. The molecule has 30 heavy (non-hydrogen) atoms. The van der Waals surface area contributed by atoms with Crippen molar-refractivity contribution in [3.05, 3.63) is 60.2 Å². The van der Waals surface area contributed by atoms with Crippen molar-refractivity contribution in [3.63, 3.8) is 0 Å². The Morgan fingerprint density at radius 2 is 2.00 bits per heavy atom. The topological polar surface area (TPSA) is 68.8 Å². The summed E-state index contributed by atoms with van der Waals surface area (Å²) in [7, 11) is 0. The van der Waals surface area contributed by atoms with Crippen LogP contribution in [0.3, 0.4) is 0 Å². The SMILES string of the molecule is CCOc1ccc(/C=C/C(=O)NC(=S)Nc2ccccc2OCC2CCCO2)cc1. The Morgan fingerprint density at radius 3 is 2.73 bits per heavy atom.